The molecule has 0 amide bonds. The lowest BCUT2D eigenvalue weighted by Gasteiger charge is -2.04. The molecule has 0 bridgehead atoms. The number of thiophene rings is 1. The molecule has 0 saturated carbocycles. The predicted octanol–water partition coefficient (Wildman–Crippen LogP) is 6.32. The smallest absolute Gasteiger partial charge is 0.0533 e. The van der Waals surface area contributed by atoms with Crippen LogP contribution in [-0.4, -0.2) is 4.57 Å². The SMILES string of the molecule is Cc1cccc2c3c4sc5ccccc5c4cc(C)c3n(C)c12. The topological polar surface area (TPSA) is 4.93 Å². The minimum atomic E-state index is 1.34. The third-order valence-electron chi connectivity index (χ3n) is 5.01. The van der Waals surface area contributed by atoms with Gasteiger partial charge >= 0.3 is 0 Å². The average molecular weight is 315 g/mol. The first-order chi connectivity index (χ1) is 11.2. The van der Waals surface area contributed by atoms with E-state index < -0.39 is 0 Å². The van der Waals surface area contributed by atoms with Crippen molar-refractivity contribution < 1.29 is 0 Å². The molecule has 0 aliphatic carbocycles. The molecule has 0 N–H and O–H groups in total. The summed E-state index contributed by atoms with van der Waals surface area (Å²) in [6.45, 7) is 4.45. The van der Waals surface area contributed by atoms with Gasteiger partial charge in [0.1, 0.15) is 0 Å². The van der Waals surface area contributed by atoms with Gasteiger partial charge in [-0.15, -0.1) is 11.3 Å². The molecule has 0 saturated heterocycles. The highest BCUT2D eigenvalue weighted by Crippen LogP contribution is 2.43. The lowest BCUT2D eigenvalue weighted by atomic mass is 10.0. The van der Waals surface area contributed by atoms with E-state index in [9.17, 15) is 0 Å². The van der Waals surface area contributed by atoms with E-state index in [1.54, 1.807) is 0 Å². The van der Waals surface area contributed by atoms with Crippen molar-refractivity contribution >= 4 is 53.3 Å². The Hall–Kier alpha value is -2.32. The Bertz CT molecular complexity index is 1240. The molecule has 0 fully saturated rings. The van der Waals surface area contributed by atoms with E-state index in [1.165, 1.54) is 53.1 Å². The molecule has 5 aromatic rings. The summed E-state index contributed by atoms with van der Waals surface area (Å²) in [6.07, 6.45) is 0. The van der Waals surface area contributed by atoms with Gasteiger partial charge in [-0.1, -0.05) is 36.4 Å². The number of para-hydroxylation sites is 1. The first kappa shape index (κ1) is 13.1. The Morgan fingerprint density at radius 1 is 0.783 bits per heavy atom. The molecular formula is C21H17NS. The van der Waals surface area contributed by atoms with Gasteiger partial charge in [-0.05, 0) is 37.1 Å². The van der Waals surface area contributed by atoms with E-state index in [0.29, 0.717) is 0 Å². The van der Waals surface area contributed by atoms with Crippen molar-refractivity contribution in [3.05, 3.63) is 59.7 Å². The van der Waals surface area contributed by atoms with Crippen LogP contribution in [0.2, 0.25) is 0 Å². The van der Waals surface area contributed by atoms with Gasteiger partial charge in [0, 0.05) is 38.0 Å². The van der Waals surface area contributed by atoms with E-state index in [2.05, 4.69) is 74.0 Å². The number of aromatic nitrogens is 1. The number of hydrogen-bond donors (Lipinski definition) is 0. The highest BCUT2D eigenvalue weighted by molar-refractivity contribution is 7.26. The summed E-state index contributed by atoms with van der Waals surface area (Å²) in [4.78, 5) is 0. The van der Waals surface area contributed by atoms with Gasteiger partial charge in [0.05, 0.1) is 11.0 Å². The van der Waals surface area contributed by atoms with Crippen LogP contribution in [0.4, 0.5) is 0 Å². The first-order valence-corrected chi connectivity index (χ1v) is 8.77. The number of benzene rings is 3. The second kappa shape index (κ2) is 4.36. The Kier molecular flexibility index (Phi) is 2.49. The average Bonchev–Trinajstić information content (AvgIpc) is 3.05. The molecule has 2 aromatic heterocycles. The maximum Gasteiger partial charge on any atom is 0.0533 e. The van der Waals surface area contributed by atoms with Gasteiger partial charge in [0.2, 0.25) is 0 Å². The van der Waals surface area contributed by atoms with Gasteiger partial charge in [0.15, 0.2) is 0 Å². The molecular weight excluding hydrogens is 298 g/mol. The standard InChI is InChI=1S/C21H17NS/c1-12-7-6-9-15-18-20(22(3)19(12)15)13(2)11-16-14-8-4-5-10-17(14)23-21(16)18/h4-11H,1-3H3. The van der Waals surface area contributed by atoms with Gasteiger partial charge < -0.3 is 4.57 Å². The summed E-state index contributed by atoms with van der Waals surface area (Å²) in [5, 5.41) is 5.57. The zero-order chi connectivity index (χ0) is 15.7. The van der Waals surface area contributed by atoms with E-state index in [0.717, 1.165) is 0 Å². The number of aryl methyl sites for hydroxylation is 3. The molecule has 0 aliphatic heterocycles. The van der Waals surface area contributed by atoms with E-state index in [4.69, 9.17) is 0 Å². The zero-order valence-electron chi connectivity index (χ0n) is 13.5. The molecule has 3 aromatic carbocycles. The Morgan fingerprint density at radius 3 is 2.43 bits per heavy atom. The molecule has 112 valence electrons. The molecule has 2 heteroatoms. The highest BCUT2D eigenvalue weighted by Gasteiger charge is 2.17. The van der Waals surface area contributed by atoms with E-state index >= 15 is 0 Å². The molecule has 23 heavy (non-hydrogen) atoms. The molecule has 0 spiro atoms. The number of hydrogen-bond acceptors (Lipinski definition) is 1. The molecule has 2 heterocycles. The third-order valence-corrected chi connectivity index (χ3v) is 6.21. The third kappa shape index (κ3) is 1.57. The van der Waals surface area contributed by atoms with Crippen molar-refractivity contribution in [3.63, 3.8) is 0 Å². The monoisotopic (exact) mass is 315 g/mol. The number of fused-ring (bicyclic) bond motifs is 7. The largest absolute Gasteiger partial charge is 0.343 e. The summed E-state index contributed by atoms with van der Waals surface area (Å²) < 4.78 is 5.17. The minimum Gasteiger partial charge on any atom is -0.343 e. The Balaban J connectivity index is 2.19. The first-order valence-electron chi connectivity index (χ1n) is 7.95. The van der Waals surface area contributed by atoms with Crippen LogP contribution in [-0.2, 0) is 7.05 Å². The van der Waals surface area contributed by atoms with Gasteiger partial charge in [-0.2, -0.15) is 0 Å². The normalized spacial score (nSPS) is 12.1. The van der Waals surface area contributed by atoms with E-state index in [1.807, 2.05) is 11.3 Å². The Labute approximate surface area is 138 Å². The fourth-order valence-electron chi connectivity index (χ4n) is 4.08. The highest BCUT2D eigenvalue weighted by atomic mass is 32.1. The maximum absolute atomic E-state index is 2.37. The molecule has 5 rings (SSSR count). The quantitative estimate of drug-likeness (QED) is 0.315. The van der Waals surface area contributed by atoms with Crippen LogP contribution in [0.3, 0.4) is 0 Å². The summed E-state index contributed by atoms with van der Waals surface area (Å²) in [7, 11) is 2.20. The van der Waals surface area contributed by atoms with Crippen molar-refractivity contribution in [1.82, 2.24) is 4.57 Å². The van der Waals surface area contributed by atoms with Crippen LogP contribution in [0.25, 0.3) is 42.0 Å². The van der Waals surface area contributed by atoms with Crippen molar-refractivity contribution in [2.45, 2.75) is 13.8 Å². The van der Waals surface area contributed by atoms with Crippen LogP contribution >= 0.6 is 11.3 Å². The maximum atomic E-state index is 2.37. The second-order valence-electron chi connectivity index (χ2n) is 6.42. The second-order valence-corrected chi connectivity index (χ2v) is 7.47. The van der Waals surface area contributed by atoms with Gasteiger partial charge in [0.25, 0.3) is 0 Å². The summed E-state index contributed by atoms with van der Waals surface area (Å²) >= 11 is 1.92. The van der Waals surface area contributed by atoms with Crippen molar-refractivity contribution in [2.24, 2.45) is 7.05 Å². The fourth-order valence-corrected chi connectivity index (χ4v) is 5.33. The molecule has 0 radical (unpaired) electrons. The van der Waals surface area contributed by atoms with Crippen molar-refractivity contribution in [3.8, 4) is 0 Å². The number of rotatable bonds is 0. The molecule has 0 atom stereocenters. The summed E-state index contributed by atoms with van der Waals surface area (Å²) in [5.41, 5.74) is 5.42. The molecule has 1 nitrogen and oxygen atoms in total. The van der Waals surface area contributed by atoms with Crippen molar-refractivity contribution in [2.75, 3.05) is 0 Å². The van der Waals surface area contributed by atoms with Crippen LogP contribution in [0.5, 0.6) is 0 Å². The van der Waals surface area contributed by atoms with Gasteiger partial charge in [-0.25, -0.2) is 0 Å². The summed E-state index contributed by atoms with van der Waals surface area (Å²) in [5.74, 6) is 0. The van der Waals surface area contributed by atoms with Crippen LogP contribution in [0, 0.1) is 13.8 Å². The van der Waals surface area contributed by atoms with Crippen LogP contribution in [0.15, 0.2) is 48.5 Å². The fraction of sp³-hybridized carbons (Fsp3) is 0.143. The van der Waals surface area contributed by atoms with Crippen molar-refractivity contribution in [1.29, 1.82) is 0 Å². The lowest BCUT2D eigenvalue weighted by Crippen LogP contribution is -1.90. The number of nitrogens with zero attached hydrogens (tertiary/aromatic N) is 1. The van der Waals surface area contributed by atoms with Crippen LogP contribution in [0.1, 0.15) is 11.1 Å². The Morgan fingerprint density at radius 2 is 1.57 bits per heavy atom. The van der Waals surface area contributed by atoms with E-state index in [-0.39, 0.29) is 0 Å². The minimum absolute atomic E-state index is 1.34. The zero-order valence-corrected chi connectivity index (χ0v) is 14.3. The van der Waals surface area contributed by atoms with Crippen LogP contribution < -0.4 is 0 Å². The van der Waals surface area contributed by atoms with Gasteiger partial charge in [-0.3, -0.25) is 0 Å². The molecule has 0 aliphatic rings. The lowest BCUT2D eigenvalue weighted by molar-refractivity contribution is 1.00. The predicted molar refractivity (Wildman–Crippen MR) is 103 cm³/mol. The summed E-state index contributed by atoms with van der Waals surface area (Å²) in [6, 6.07) is 17.8. The molecule has 0 unspecified atom stereocenters.